The minimum atomic E-state index is -3.08. The Labute approximate surface area is 288 Å². The molecule has 0 unspecified atom stereocenters. The molecule has 3 aliphatic heterocycles. The number of nitrogens with zero attached hydrogens (tertiary/aromatic N) is 6. The molecule has 2 amide bonds. The van der Waals surface area contributed by atoms with E-state index in [1.165, 1.54) is 17.8 Å². The van der Waals surface area contributed by atoms with Crippen LogP contribution in [0.15, 0.2) is 71.9 Å². The van der Waals surface area contributed by atoms with Crippen LogP contribution in [-0.2, 0) is 15.5 Å². The van der Waals surface area contributed by atoms with E-state index in [2.05, 4.69) is 36.1 Å². The molecule has 0 saturated carbocycles. The largest absolute Gasteiger partial charge is 0.362 e. The van der Waals surface area contributed by atoms with Gasteiger partial charge < -0.3 is 15.5 Å². The number of aromatic nitrogens is 3. The number of pyridine rings is 1. The van der Waals surface area contributed by atoms with Crippen LogP contribution in [0.4, 0.5) is 14.5 Å². The van der Waals surface area contributed by atoms with E-state index in [9.17, 15) is 18.4 Å². The van der Waals surface area contributed by atoms with Crippen LogP contribution in [0.1, 0.15) is 43.0 Å². The monoisotopic (exact) mass is 680 g/mol. The number of amidine groups is 1. The van der Waals surface area contributed by atoms with Crippen molar-refractivity contribution in [2.45, 2.75) is 32.1 Å². The van der Waals surface area contributed by atoms with Crippen molar-refractivity contribution < 1.29 is 23.4 Å². The van der Waals surface area contributed by atoms with Crippen molar-refractivity contribution >= 4 is 46.2 Å². The Morgan fingerprint density at radius 1 is 1.10 bits per heavy atom. The normalized spacial score (nSPS) is 20.5. The SMILES string of the molecule is C[NH+]=CN=C(N)c1ccc(C2=CCN(C(=O)CN3CC[C@]4(CCN(c5ccc6[nH]nc(-c7ccnc(C(C)(F)F)c7)c6c5)C4=O)C3)CC2)cc1. The molecule has 11 nitrogen and oxygen atoms in total. The number of amides is 2. The summed E-state index contributed by atoms with van der Waals surface area (Å²) in [7, 11) is 1.76. The van der Waals surface area contributed by atoms with Crippen LogP contribution in [0.2, 0.25) is 0 Å². The molecular formula is C37H40F2N9O2+. The first-order valence-corrected chi connectivity index (χ1v) is 16.8. The number of anilines is 1. The quantitative estimate of drug-likeness (QED) is 0.193. The smallest absolute Gasteiger partial charge is 0.286 e. The van der Waals surface area contributed by atoms with Crippen molar-refractivity contribution in [3.8, 4) is 11.3 Å². The van der Waals surface area contributed by atoms with E-state index in [0.717, 1.165) is 41.1 Å². The molecular weight excluding hydrogens is 640 g/mol. The van der Waals surface area contributed by atoms with Crippen molar-refractivity contribution in [3.63, 3.8) is 0 Å². The molecule has 2 fully saturated rings. The number of carbonyl (C=O) groups excluding carboxylic acids is 2. The Hall–Kier alpha value is -5.30. The fraction of sp³-hybridized carbons (Fsp3) is 0.351. The van der Waals surface area contributed by atoms with Gasteiger partial charge in [-0.1, -0.05) is 18.2 Å². The first-order chi connectivity index (χ1) is 24.0. The average molecular weight is 681 g/mol. The number of benzene rings is 2. The average Bonchev–Trinajstić information content (AvgIpc) is 3.83. The molecule has 5 heterocycles. The summed E-state index contributed by atoms with van der Waals surface area (Å²) in [6.45, 7) is 4.07. The predicted octanol–water partition coefficient (Wildman–Crippen LogP) is 2.93. The molecule has 0 radical (unpaired) electrons. The second-order valence-corrected chi connectivity index (χ2v) is 13.4. The third-order valence-corrected chi connectivity index (χ3v) is 10.1. The van der Waals surface area contributed by atoms with Gasteiger partial charge >= 0.3 is 0 Å². The Morgan fingerprint density at radius 2 is 1.90 bits per heavy atom. The number of H-pyrrole nitrogens is 1. The van der Waals surface area contributed by atoms with Crippen LogP contribution >= 0.6 is 0 Å². The number of fused-ring (bicyclic) bond motifs is 1. The van der Waals surface area contributed by atoms with E-state index in [0.29, 0.717) is 62.7 Å². The molecule has 0 bridgehead atoms. The Balaban J connectivity index is 0.980. The second kappa shape index (κ2) is 13.2. The number of likely N-dealkylation sites (tertiary alicyclic amines) is 1. The number of halogens is 2. The highest BCUT2D eigenvalue weighted by atomic mass is 19.3. The number of hydrogen-bond donors (Lipinski definition) is 3. The number of alkyl halides is 2. The molecule has 1 spiro atoms. The van der Waals surface area contributed by atoms with Crippen molar-refractivity contribution in [3.05, 3.63) is 83.7 Å². The molecule has 2 saturated heterocycles. The lowest BCUT2D eigenvalue weighted by atomic mass is 9.85. The van der Waals surface area contributed by atoms with Gasteiger partial charge in [0.1, 0.15) is 11.4 Å². The first kappa shape index (κ1) is 33.2. The molecule has 7 rings (SSSR count). The minimum Gasteiger partial charge on any atom is -0.362 e. The maximum atomic E-state index is 14.0. The van der Waals surface area contributed by atoms with Gasteiger partial charge in [0, 0.05) is 61.5 Å². The van der Waals surface area contributed by atoms with Gasteiger partial charge in [0.15, 0.2) is 0 Å². The minimum absolute atomic E-state index is 0.0541. The highest BCUT2D eigenvalue weighted by Crippen LogP contribution is 2.43. The van der Waals surface area contributed by atoms with E-state index in [-0.39, 0.29) is 24.1 Å². The molecule has 2 aromatic carbocycles. The number of nitrogens with one attached hydrogen (secondary N) is 2. The lowest BCUT2D eigenvalue weighted by Gasteiger charge is -2.29. The number of hydrogen-bond acceptors (Lipinski definition) is 5. The number of aromatic amines is 1. The highest BCUT2D eigenvalue weighted by molar-refractivity contribution is 6.03. The molecule has 258 valence electrons. The van der Waals surface area contributed by atoms with Gasteiger partial charge in [-0.2, -0.15) is 13.9 Å². The van der Waals surface area contributed by atoms with E-state index < -0.39 is 11.3 Å². The summed E-state index contributed by atoms with van der Waals surface area (Å²) in [4.78, 5) is 44.0. The zero-order valence-electron chi connectivity index (χ0n) is 28.1. The van der Waals surface area contributed by atoms with Gasteiger partial charge in [0.2, 0.25) is 17.6 Å². The van der Waals surface area contributed by atoms with Crippen molar-refractivity contribution in [2.24, 2.45) is 16.1 Å². The summed E-state index contributed by atoms with van der Waals surface area (Å²) in [5, 5.41) is 8.11. The summed E-state index contributed by atoms with van der Waals surface area (Å²) in [6, 6.07) is 16.6. The van der Waals surface area contributed by atoms with Crippen LogP contribution in [0.5, 0.6) is 0 Å². The van der Waals surface area contributed by atoms with Gasteiger partial charge in [-0.25, -0.2) is 0 Å². The van der Waals surface area contributed by atoms with Gasteiger partial charge in [-0.3, -0.25) is 29.6 Å². The zero-order valence-corrected chi connectivity index (χ0v) is 28.1. The molecule has 4 aromatic rings. The lowest BCUT2D eigenvalue weighted by Crippen LogP contribution is -2.62. The summed E-state index contributed by atoms with van der Waals surface area (Å²) < 4.78 is 28.0. The summed E-state index contributed by atoms with van der Waals surface area (Å²) >= 11 is 0. The maximum Gasteiger partial charge on any atom is 0.286 e. The highest BCUT2D eigenvalue weighted by Gasteiger charge is 2.51. The van der Waals surface area contributed by atoms with Gasteiger partial charge in [-0.05, 0) is 84.4 Å². The van der Waals surface area contributed by atoms with Crippen molar-refractivity contribution in [1.82, 2.24) is 25.0 Å². The van der Waals surface area contributed by atoms with Crippen LogP contribution in [0.3, 0.4) is 0 Å². The number of carbonyl (C=O) groups is 2. The maximum absolute atomic E-state index is 14.0. The standard InChI is InChI=1S/C37H39F2N9O2/c1-36(38,39)31-19-27(9-14-42-31)33-29-20-28(7-8-30(29)44-45-33)48-18-13-37(35(48)50)12-17-46(22-37)21-32(49)47-15-10-25(11-16-47)24-3-5-26(6-4-24)34(40)43-23-41-2/h3-10,14,19-20,23H,11-13,15-18,21-22H2,1-2H3,(H,44,45)(H2,40,41,43)/p+1/t37-/m0/s1. The third kappa shape index (κ3) is 6.40. The molecule has 50 heavy (non-hydrogen) atoms. The van der Waals surface area contributed by atoms with Crippen LogP contribution < -0.4 is 15.6 Å². The fourth-order valence-electron chi connectivity index (χ4n) is 7.26. The first-order valence-electron chi connectivity index (χ1n) is 16.8. The van der Waals surface area contributed by atoms with Crippen molar-refractivity contribution in [1.29, 1.82) is 0 Å². The Kier molecular flexibility index (Phi) is 8.77. The van der Waals surface area contributed by atoms with E-state index in [1.807, 2.05) is 52.3 Å². The fourth-order valence-corrected chi connectivity index (χ4v) is 7.26. The molecule has 1 atom stereocenters. The molecule has 0 aliphatic carbocycles. The molecule has 4 N–H and O–H groups in total. The topological polar surface area (TPSA) is 138 Å². The van der Waals surface area contributed by atoms with Crippen LogP contribution in [0.25, 0.3) is 27.7 Å². The van der Waals surface area contributed by atoms with E-state index in [4.69, 9.17) is 5.73 Å². The van der Waals surface area contributed by atoms with E-state index >= 15 is 0 Å². The van der Waals surface area contributed by atoms with Crippen molar-refractivity contribution in [2.75, 3.05) is 51.2 Å². The summed E-state index contributed by atoms with van der Waals surface area (Å²) in [5.41, 5.74) is 10.8. The van der Waals surface area contributed by atoms with E-state index in [1.54, 1.807) is 19.5 Å². The van der Waals surface area contributed by atoms with Gasteiger partial charge in [0.25, 0.3) is 12.3 Å². The Morgan fingerprint density at radius 3 is 2.64 bits per heavy atom. The van der Waals surface area contributed by atoms with Gasteiger partial charge in [-0.15, -0.1) is 0 Å². The number of nitrogens with two attached hydrogens (primary N) is 1. The van der Waals surface area contributed by atoms with Crippen LogP contribution in [-0.4, -0.2) is 95.3 Å². The third-order valence-electron chi connectivity index (χ3n) is 10.1. The van der Waals surface area contributed by atoms with Gasteiger partial charge in [0.05, 0.1) is 24.5 Å². The Bertz CT molecular complexity index is 2030. The number of rotatable bonds is 8. The number of aliphatic imine (C=N–C) groups is 1. The predicted molar refractivity (Wildman–Crippen MR) is 189 cm³/mol. The van der Waals surface area contributed by atoms with Crippen LogP contribution in [0, 0.1) is 5.41 Å². The lowest BCUT2D eigenvalue weighted by molar-refractivity contribution is -0.414. The second-order valence-electron chi connectivity index (χ2n) is 13.4. The summed E-state index contributed by atoms with van der Waals surface area (Å²) in [6.07, 6.45) is 7.17. The molecule has 13 heteroatoms. The summed E-state index contributed by atoms with van der Waals surface area (Å²) in [5.74, 6) is -2.52. The molecule has 3 aliphatic rings. The molecule has 2 aromatic heterocycles. The zero-order chi connectivity index (χ0) is 35.0.